The van der Waals surface area contributed by atoms with Crippen LogP contribution in [0.1, 0.15) is 11.4 Å². The minimum absolute atomic E-state index is 0.455. The van der Waals surface area contributed by atoms with Gasteiger partial charge in [-0.25, -0.2) is 13.8 Å². The molecule has 0 aliphatic carbocycles. The van der Waals surface area contributed by atoms with Crippen LogP contribution < -0.4 is 5.73 Å². The van der Waals surface area contributed by atoms with Gasteiger partial charge in [-0.15, -0.1) is 0 Å². The summed E-state index contributed by atoms with van der Waals surface area (Å²) in [6.07, 6.45) is 0. The molecule has 0 atom stereocenters. The maximum Gasteiger partial charge on any atom is 0.161 e. The number of hydrogen-bond acceptors (Lipinski definition) is 2. The molecule has 0 radical (unpaired) electrons. The molecule has 0 fully saturated rings. The molecule has 1 heterocycles. The van der Waals surface area contributed by atoms with Crippen molar-refractivity contribution in [3.05, 3.63) is 59.4 Å². The zero-order chi connectivity index (χ0) is 14.3. The van der Waals surface area contributed by atoms with Crippen LogP contribution in [0.5, 0.6) is 0 Å². The lowest BCUT2D eigenvalue weighted by molar-refractivity contribution is 0.510. The maximum absolute atomic E-state index is 13.4. The Balaban J connectivity index is 2.08. The van der Waals surface area contributed by atoms with Gasteiger partial charge in [0.2, 0.25) is 0 Å². The molecule has 5 heteroatoms. The SMILES string of the molecule is Cc1nc2cc(F)c(F)cc2n1Cc1ccc(N)cc1. The Morgan fingerprint density at radius 1 is 1.10 bits per heavy atom. The molecule has 0 saturated carbocycles. The maximum atomic E-state index is 13.4. The van der Waals surface area contributed by atoms with E-state index in [4.69, 9.17) is 5.73 Å². The molecule has 1 aromatic heterocycles. The van der Waals surface area contributed by atoms with Gasteiger partial charge in [0.1, 0.15) is 5.82 Å². The number of benzene rings is 2. The molecule has 0 bridgehead atoms. The van der Waals surface area contributed by atoms with Crippen molar-refractivity contribution in [1.82, 2.24) is 9.55 Å². The summed E-state index contributed by atoms with van der Waals surface area (Å²) in [7, 11) is 0. The van der Waals surface area contributed by atoms with E-state index in [2.05, 4.69) is 4.98 Å². The Bertz CT molecular complexity index is 776. The van der Waals surface area contributed by atoms with Crippen LogP contribution in [0, 0.1) is 18.6 Å². The molecule has 2 N–H and O–H groups in total. The van der Waals surface area contributed by atoms with Gasteiger partial charge in [0.05, 0.1) is 11.0 Å². The lowest BCUT2D eigenvalue weighted by Gasteiger charge is -2.07. The lowest BCUT2D eigenvalue weighted by Crippen LogP contribution is -2.02. The molecule has 102 valence electrons. The average molecular weight is 273 g/mol. The van der Waals surface area contributed by atoms with Crippen molar-refractivity contribution in [2.45, 2.75) is 13.5 Å². The molecule has 0 spiro atoms. The summed E-state index contributed by atoms with van der Waals surface area (Å²) >= 11 is 0. The summed E-state index contributed by atoms with van der Waals surface area (Å²) in [4.78, 5) is 4.26. The van der Waals surface area contributed by atoms with Gasteiger partial charge in [-0.05, 0) is 24.6 Å². The smallest absolute Gasteiger partial charge is 0.161 e. The molecular weight excluding hydrogens is 260 g/mol. The highest BCUT2D eigenvalue weighted by molar-refractivity contribution is 5.76. The number of aromatic nitrogens is 2. The monoisotopic (exact) mass is 273 g/mol. The van der Waals surface area contributed by atoms with E-state index in [9.17, 15) is 8.78 Å². The molecule has 2 aromatic carbocycles. The summed E-state index contributed by atoms with van der Waals surface area (Å²) in [6.45, 7) is 2.35. The third-order valence-corrected chi connectivity index (χ3v) is 3.30. The van der Waals surface area contributed by atoms with Crippen molar-refractivity contribution in [3.63, 3.8) is 0 Å². The van der Waals surface area contributed by atoms with Crippen molar-refractivity contribution in [3.8, 4) is 0 Å². The van der Waals surface area contributed by atoms with E-state index >= 15 is 0 Å². The number of rotatable bonds is 2. The lowest BCUT2D eigenvalue weighted by atomic mass is 10.2. The number of hydrogen-bond donors (Lipinski definition) is 1. The van der Waals surface area contributed by atoms with Crippen LogP contribution in [-0.2, 0) is 6.54 Å². The molecule has 0 saturated heterocycles. The highest BCUT2D eigenvalue weighted by Gasteiger charge is 2.12. The van der Waals surface area contributed by atoms with Crippen LogP contribution in [0.4, 0.5) is 14.5 Å². The van der Waals surface area contributed by atoms with Crippen molar-refractivity contribution in [1.29, 1.82) is 0 Å². The highest BCUT2D eigenvalue weighted by atomic mass is 19.2. The quantitative estimate of drug-likeness (QED) is 0.728. The standard InChI is InChI=1S/C15H13F2N3/c1-9-19-14-6-12(16)13(17)7-15(14)20(9)8-10-2-4-11(18)5-3-10/h2-7H,8,18H2,1H3. The topological polar surface area (TPSA) is 43.8 Å². The largest absolute Gasteiger partial charge is 0.399 e. The van der Waals surface area contributed by atoms with Crippen LogP contribution in [-0.4, -0.2) is 9.55 Å². The second-order valence-electron chi connectivity index (χ2n) is 4.74. The fourth-order valence-electron chi connectivity index (χ4n) is 2.25. The predicted molar refractivity (Wildman–Crippen MR) is 74.3 cm³/mol. The predicted octanol–water partition coefficient (Wildman–Crippen LogP) is 3.25. The number of nitrogens with two attached hydrogens (primary N) is 1. The minimum Gasteiger partial charge on any atom is -0.399 e. The first-order valence-electron chi connectivity index (χ1n) is 6.21. The molecule has 0 aliphatic rings. The van der Waals surface area contributed by atoms with Crippen molar-refractivity contribution in [2.75, 3.05) is 5.73 Å². The summed E-state index contributed by atoms with van der Waals surface area (Å²) < 4.78 is 28.5. The first kappa shape index (κ1) is 12.6. The van der Waals surface area contributed by atoms with Crippen LogP contribution in [0.15, 0.2) is 36.4 Å². The third-order valence-electron chi connectivity index (χ3n) is 3.30. The Morgan fingerprint density at radius 3 is 2.45 bits per heavy atom. The Morgan fingerprint density at radius 2 is 1.75 bits per heavy atom. The molecule has 3 nitrogen and oxygen atoms in total. The van der Waals surface area contributed by atoms with Gasteiger partial charge >= 0.3 is 0 Å². The number of nitrogen functional groups attached to an aromatic ring is 1. The van der Waals surface area contributed by atoms with Crippen LogP contribution in [0.2, 0.25) is 0 Å². The van der Waals surface area contributed by atoms with E-state index in [0.717, 1.165) is 11.6 Å². The number of aryl methyl sites for hydroxylation is 1. The second kappa shape index (κ2) is 4.59. The Labute approximate surface area is 114 Å². The summed E-state index contributed by atoms with van der Waals surface area (Å²) in [5.74, 6) is -1.03. The molecule has 3 aromatic rings. The van der Waals surface area contributed by atoms with Crippen molar-refractivity contribution in [2.24, 2.45) is 0 Å². The molecular formula is C15H13F2N3. The van der Waals surface area contributed by atoms with Gasteiger partial charge in [0.15, 0.2) is 11.6 Å². The van der Waals surface area contributed by atoms with Gasteiger partial charge in [0.25, 0.3) is 0 Å². The fourth-order valence-corrected chi connectivity index (χ4v) is 2.25. The average Bonchev–Trinajstić information content (AvgIpc) is 2.69. The number of fused-ring (bicyclic) bond motifs is 1. The van der Waals surface area contributed by atoms with Gasteiger partial charge in [0, 0.05) is 24.4 Å². The Hall–Kier alpha value is -2.43. The van der Waals surface area contributed by atoms with Crippen molar-refractivity contribution >= 4 is 16.7 Å². The van der Waals surface area contributed by atoms with Crippen molar-refractivity contribution < 1.29 is 8.78 Å². The summed E-state index contributed by atoms with van der Waals surface area (Å²) in [5, 5.41) is 0. The number of nitrogens with zero attached hydrogens (tertiary/aromatic N) is 2. The Kier molecular flexibility index (Phi) is 2.89. The van der Waals surface area contributed by atoms with Gasteiger partial charge in [-0.3, -0.25) is 0 Å². The highest BCUT2D eigenvalue weighted by Crippen LogP contribution is 2.21. The molecule has 0 amide bonds. The molecule has 0 unspecified atom stereocenters. The zero-order valence-electron chi connectivity index (χ0n) is 10.9. The van der Waals surface area contributed by atoms with Gasteiger partial charge in [-0.2, -0.15) is 0 Å². The van der Waals surface area contributed by atoms with E-state index in [0.29, 0.717) is 29.1 Å². The van der Waals surface area contributed by atoms with Crippen LogP contribution in [0.3, 0.4) is 0 Å². The minimum atomic E-state index is -0.880. The van der Waals surface area contributed by atoms with Crippen LogP contribution >= 0.6 is 0 Å². The number of imidazole rings is 1. The molecule has 0 aliphatic heterocycles. The first-order chi connectivity index (χ1) is 9.54. The van der Waals surface area contributed by atoms with E-state index in [1.165, 1.54) is 6.07 Å². The van der Waals surface area contributed by atoms with Gasteiger partial charge < -0.3 is 10.3 Å². The summed E-state index contributed by atoms with van der Waals surface area (Å²) in [6, 6.07) is 9.73. The van der Waals surface area contributed by atoms with Gasteiger partial charge in [-0.1, -0.05) is 12.1 Å². The molecule has 20 heavy (non-hydrogen) atoms. The first-order valence-corrected chi connectivity index (χ1v) is 6.21. The third kappa shape index (κ3) is 2.11. The second-order valence-corrected chi connectivity index (χ2v) is 4.74. The molecule has 3 rings (SSSR count). The van der Waals surface area contributed by atoms with Crippen LogP contribution in [0.25, 0.3) is 11.0 Å². The van der Waals surface area contributed by atoms with E-state index < -0.39 is 11.6 Å². The zero-order valence-corrected chi connectivity index (χ0v) is 10.9. The normalized spacial score (nSPS) is 11.2. The van der Waals surface area contributed by atoms with E-state index in [1.807, 2.05) is 35.8 Å². The number of anilines is 1. The fraction of sp³-hybridized carbons (Fsp3) is 0.133. The summed E-state index contributed by atoms with van der Waals surface area (Å²) in [5.41, 5.74) is 8.39. The van der Waals surface area contributed by atoms with E-state index in [-0.39, 0.29) is 0 Å². The van der Waals surface area contributed by atoms with E-state index in [1.54, 1.807) is 0 Å². The number of halogens is 2.